The molecule has 1 aromatic carbocycles. The van der Waals surface area contributed by atoms with E-state index in [9.17, 15) is 53.2 Å². The van der Waals surface area contributed by atoms with Crippen LogP contribution in [0.4, 0.5) is 0 Å². The molecule has 17 N–H and O–H groups in total. The van der Waals surface area contributed by atoms with Crippen molar-refractivity contribution >= 4 is 77.3 Å². The Kier molecular flexibility index (Phi) is 19.6. The van der Waals surface area contributed by atoms with Crippen molar-refractivity contribution in [2.75, 3.05) is 13.2 Å². The fourth-order valence-electron chi connectivity index (χ4n) is 15.4. The average Bonchev–Trinajstić information content (AvgIpc) is 1.53. The molecule has 28 heteroatoms. The number of aliphatic hydroxyl groups is 2. The number of hydrogen-bond donors (Lipinski definition) is 11. The van der Waals surface area contributed by atoms with Crippen LogP contribution in [0.15, 0.2) is 67.8 Å². The first-order chi connectivity index (χ1) is 41.8. The number of primary amides is 6. The number of hydrogen-bond acceptors (Lipinski definition) is 18. The number of phosphoric acid groups is 1. The second-order valence-corrected chi connectivity index (χ2v) is 28.4. The molecule has 0 aliphatic carbocycles. The number of ether oxygens (including phenoxy) is 1. The average molecular weight is 1270 g/mol. The minimum Gasteiger partial charge on any atom is -0.394 e. The van der Waals surface area contributed by atoms with Gasteiger partial charge in [-0.3, -0.25) is 57.6 Å². The molecule has 2 fully saturated rings. The first-order valence-electron chi connectivity index (χ1n) is 30.6. The molecular formula is C62H90N13O14P. The van der Waals surface area contributed by atoms with Gasteiger partial charge in [0.1, 0.15) is 18.3 Å². The number of rotatable bonds is 26. The quantitative estimate of drug-likeness (QED) is 0.0603. The zero-order valence-electron chi connectivity index (χ0n) is 53.3. The highest BCUT2D eigenvalue weighted by molar-refractivity contribution is 7.47. The Bertz CT molecular complexity index is 3540. The lowest BCUT2D eigenvalue weighted by Gasteiger charge is -2.48. The molecular weight excluding hydrogens is 1180 g/mol. The molecule has 6 aliphatic rings. The van der Waals surface area contributed by atoms with Crippen molar-refractivity contribution < 1.29 is 67.0 Å². The minimum atomic E-state index is -5.07. The second kappa shape index (κ2) is 25.6. The number of carbonyl (C=O) groups excluding carboxylic acids is 7. The molecule has 492 valence electrons. The Morgan fingerprint density at radius 3 is 1.99 bits per heavy atom. The molecule has 8 rings (SSSR count). The van der Waals surface area contributed by atoms with E-state index in [1.54, 1.807) is 4.57 Å². The van der Waals surface area contributed by atoms with Crippen molar-refractivity contribution in [2.24, 2.45) is 94.7 Å². The number of phosphoric ester groups is 1. The normalized spacial score (nSPS) is 33.4. The van der Waals surface area contributed by atoms with Crippen LogP contribution in [-0.4, -0.2) is 132 Å². The summed E-state index contributed by atoms with van der Waals surface area (Å²) in [6.07, 6.45) is -4.26. The van der Waals surface area contributed by atoms with Gasteiger partial charge in [0, 0.05) is 131 Å². The highest BCUT2D eigenvalue weighted by Crippen LogP contribution is 2.63. The number of nitrogens with one attached hydrogen (secondary N) is 2. The van der Waals surface area contributed by atoms with Gasteiger partial charge in [0.05, 0.1) is 41.7 Å². The van der Waals surface area contributed by atoms with E-state index in [4.69, 9.17) is 63.2 Å². The topological polar surface area (TPSA) is 460 Å². The van der Waals surface area contributed by atoms with E-state index in [1.165, 1.54) is 13.3 Å². The number of amides is 7. The fourth-order valence-corrected chi connectivity index (χ4v) is 16.6. The molecule has 7 amide bonds. The number of fused-ring (bicyclic) bond motifs is 7. The lowest BCUT2D eigenvalue weighted by molar-refractivity contribution is -0.124. The maximum absolute atomic E-state index is 14.4. The van der Waals surface area contributed by atoms with E-state index in [0.29, 0.717) is 56.4 Å². The summed E-state index contributed by atoms with van der Waals surface area (Å²) in [7, 11) is -5.07. The van der Waals surface area contributed by atoms with Crippen LogP contribution in [0.2, 0.25) is 0 Å². The largest absolute Gasteiger partial charge is 0.472 e. The van der Waals surface area contributed by atoms with Crippen molar-refractivity contribution in [3.8, 4) is 0 Å². The van der Waals surface area contributed by atoms with Gasteiger partial charge in [-0.05, 0) is 108 Å². The zero-order chi connectivity index (χ0) is 66.7. The van der Waals surface area contributed by atoms with Gasteiger partial charge in [-0.1, -0.05) is 34.6 Å². The molecule has 2 saturated heterocycles. The monoisotopic (exact) mass is 1270 g/mol. The van der Waals surface area contributed by atoms with E-state index < -0.39 is 143 Å². The van der Waals surface area contributed by atoms with Gasteiger partial charge in [0.2, 0.25) is 41.4 Å². The summed E-state index contributed by atoms with van der Waals surface area (Å²) in [4.78, 5) is 126. The summed E-state index contributed by atoms with van der Waals surface area (Å²) in [5.41, 5.74) is 37.4. The smallest absolute Gasteiger partial charge is 0.394 e. The summed E-state index contributed by atoms with van der Waals surface area (Å²) in [5, 5.41) is 28.2. The van der Waals surface area contributed by atoms with Crippen molar-refractivity contribution in [3.05, 3.63) is 63.9 Å². The highest BCUT2D eigenvalue weighted by Gasteiger charge is 2.66. The Balaban J connectivity index is 1.19. The maximum Gasteiger partial charge on any atom is 0.472 e. The number of aliphatic imine (C=N–C) groups is 3. The van der Waals surface area contributed by atoms with Gasteiger partial charge in [0.15, 0.2) is 6.23 Å². The lowest BCUT2D eigenvalue weighted by atomic mass is 9.55. The van der Waals surface area contributed by atoms with Gasteiger partial charge in [-0.25, -0.2) is 9.55 Å². The summed E-state index contributed by atoms with van der Waals surface area (Å²) in [6, 6.07) is 2.70. The van der Waals surface area contributed by atoms with Crippen LogP contribution in [0.25, 0.3) is 11.0 Å². The number of aryl methyl sites for hydroxylation is 2. The molecule has 1 unspecified atom stereocenters. The maximum atomic E-state index is 14.4. The van der Waals surface area contributed by atoms with Crippen LogP contribution in [-0.2, 0) is 51.9 Å². The Labute approximate surface area is 523 Å². The first kappa shape index (κ1) is 68.9. The molecule has 7 heterocycles. The lowest BCUT2D eigenvalue weighted by Crippen LogP contribution is -2.56. The number of nitrogens with two attached hydrogens (primary N) is 6. The summed E-state index contributed by atoms with van der Waals surface area (Å²) < 4.78 is 32.3. The Morgan fingerprint density at radius 2 is 1.40 bits per heavy atom. The molecule has 90 heavy (non-hydrogen) atoms. The van der Waals surface area contributed by atoms with E-state index in [0.717, 1.165) is 11.1 Å². The third-order valence-corrected chi connectivity index (χ3v) is 21.7. The van der Waals surface area contributed by atoms with E-state index in [-0.39, 0.29) is 77.2 Å². The SMILES string of the molecule is CC1=C2N/C(=C\C3=NC(=C(/C)C4=N[C@H]([C@H](CC(N)=O)[C@@]4(C)CCC(=O)NC[C@@H](C)OP(=O)(O)O[C@H]4[C@@H](O)[C@@H](n5cnc6cc(C)c(C)cc65)O[C@@H]4CO)[C@]4(C)N=C1[C@@H](CCC(N)=O)[C@]4(C)CC(N)=O)/[C@@H](CCC(N)=O)C3(C)C)[C@@H](CCC(N)=O)[C@]2(C)CC(N)=O. The summed E-state index contributed by atoms with van der Waals surface area (Å²) >= 11 is 0. The van der Waals surface area contributed by atoms with Gasteiger partial charge in [-0.15, -0.1) is 0 Å². The zero-order valence-corrected chi connectivity index (χ0v) is 54.1. The predicted molar refractivity (Wildman–Crippen MR) is 334 cm³/mol. The van der Waals surface area contributed by atoms with E-state index in [2.05, 4.69) is 15.6 Å². The highest BCUT2D eigenvalue weighted by atomic mass is 31.2. The minimum absolute atomic E-state index is 0.0114. The number of benzene rings is 1. The fraction of sp³-hybridized carbons (Fsp3) is 0.629. The molecule has 6 aliphatic heterocycles. The Hall–Kier alpha value is -7.00. The van der Waals surface area contributed by atoms with Crippen molar-refractivity contribution in [1.82, 2.24) is 20.2 Å². The predicted octanol–water partition coefficient (Wildman–Crippen LogP) is 3.16. The Morgan fingerprint density at radius 1 is 0.800 bits per heavy atom. The number of allylic oxidation sites excluding steroid dienone is 6. The van der Waals surface area contributed by atoms with Crippen molar-refractivity contribution in [3.63, 3.8) is 0 Å². The third kappa shape index (κ3) is 13.0. The van der Waals surface area contributed by atoms with E-state index in [1.807, 2.05) is 87.4 Å². The first-order valence-corrected chi connectivity index (χ1v) is 32.1. The molecule has 0 radical (unpaired) electrons. The van der Waals surface area contributed by atoms with Gasteiger partial charge in [-0.2, -0.15) is 0 Å². The molecule has 0 saturated carbocycles. The molecule has 1 aromatic heterocycles. The van der Waals surface area contributed by atoms with Crippen molar-refractivity contribution in [1.29, 1.82) is 0 Å². The number of carbonyl (C=O) groups is 7. The summed E-state index contributed by atoms with van der Waals surface area (Å²) in [5.74, 6) is -7.18. The van der Waals surface area contributed by atoms with Crippen LogP contribution in [0.5, 0.6) is 0 Å². The summed E-state index contributed by atoms with van der Waals surface area (Å²) in [6.45, 7) is 19.3. The molecule has 0 spiro atoms. The van der Waals surface area contributed by atoms with Crippen LogP contribution in [0.3, 0.4) is 0 Å². The van der Waals surface area contributed by atoms with Gasteiger partial charge >= 0.3 is 7.82 Å². The third-order valence-electron chi connectivity index (χ3n) is 20.6. The van der Waals surface area contributed by atoms with Crippen molar-refractivity contribution in [2.45, 2.75) is 189 Å². The van der Waals surface area contributed by atoms with Crippen LogP contribution < -0.4 is 45.0 Å². The number of aromatic nitrogens is 2. The molecule has 15 atom stereocenters. The number of nitrogens with zero attached hydrogens (tertiary/aromatic N) is 5. The van der Waals surface area contributed by atoms with Crippen LogP contribution in [0.1, 0.15) is 150 Å². The van der Waals surface area contributed by atoms with Gasteiger partial charge in [0.25, 0.3) is 0 Å². The molecule has 27 nitrogen and oxygen atoms in total. The molecule has 2 aromatic rings. The van der Waals surface area contributed by atoms with E-state index >= 15 is 0 Å². The van der Waals surface area contributed by atoms with Crippen LogP contribution in [0, 0.1) is 59.2 Å². The number of imidazole rings is 1. The second-order valence-electron chi connectivity index (χ2n) is 27.1. The van der Waals surface area contributed by atoms with Gasteiger partial charge < -0.3 is 69.4 Å². The standard InChI is InChI=1S/C62H90N13O14P/c1-29-20-39-40(21-30(29)2)75(28-70-39)57-52(84)53(41(27-76)87-57)89-90(85,86)88-31(3)26-69-49(83)18-19-59(8)37(22-46(66)80)56-62(11)61(10,25-48(68)82)36(14-17-45(65)79)51(74-62)33(5)55-60(9,24-47(67)81)34(12-15-43(63)77)38(71-55)23-42-58(6,7)35(13-16-44(64)78)50(72-42)32(4)54(59)73-56/h20-21,23,28,31,34-37,41,52-53,56-57,71,76,84H,12-19,22,24-27H2,1-11H3,(H2,63,77)(H2,64,78)(H2,65,79)(H2,66,80)(H2,67,81)(H2,68,82)(H,69,83)(H,85,86)/b38-23-,50-32-,55-33?/t31-,34-,35-,36-,37+,41-,52-,53-,56-,57+,59-,60+,61+,62+/m1/s1. The number of aliphatic hydroxyl groups excluding tert-OH is 2. The van der Waals surface area contributed by atoms with Crippen LogP contribution >= 0.6 is 7.82 Å². The molecule has 8 bridgehead atoms.